The molecule has 2 aromatic carbocycles. The fourth-order valence-corrected chi connectivity index (χ4v) is 5.67. The maximum atomic E-state index is 17.2. The lowest BCUT2D eigenvalue weighted by atomic mass is 9.87. The Morgan fingerprint density at radius 3 is 1.15 bits per heavy atom. The Labute approximate surface area is 267 Å². The number of rotatable bonds is 4. The number of nitrogens with zero attached hydrogens (tertiary/aromatic N) is 6. The van der Waals surface area contributed by atoms with E-state index in [1.165, 1.54) is 12.1 Å². The predicted molar refractivity (Wildman–Crippen MR) is 159 cm³/mol. The Morgan fingerprint density at radius 1 is 0.479 bits per heavy atom. The average molecular weight is 643 g/mol. The second kappa shape index (κ2) is 12.1. The number of halogens is 6. The van der Waals surface area contributed by atoms with Crippen molar-refractivity contribution < 1.29 is 26.3 Å². The first-order valence-electron chi connectivity index (χ1n) is 13.6. The van der Waals surface area contributed by atoms with Crippen molar-refractivity contribution in [2.24, 2.45) is 0 Å². The highest BCUT2D eigenvalue weighted by molar-refractivity contribution is 6.13. The summed E-state index contributed by atoms with van der Waals surface area (Å²) in [5, 5.41) is 39.7. The summed E-state index contributed by atoms with van der Waals surface area (Å²) < 4.78 is 92.1. The summed E-state index contributed by atoms with van der Waals surface area (Å²) in [7, 11) is 0. The molecule has 0 bridgehead atoms. The third-order valence-corrected chi connectivity index (χ3v) is 7.48. The van der Waals surface area contributed by atoms with E-state index in [1.54, 1.807) is 24.3 Å². The van der Waals surface area contributed by atoms with Crippen molar-refractivity contribution in [3.05, 3.63) is 164 Å². The molecular formula is C36H12F6N6. The van der Waals surface area contributed by atoms with Gasteiger partial charge in [0.25, 0.3) is 0 Å². The van der Waals surface area contributed by atoms with Gasteiger partial charge in [0.15, 0.2) is 0 Å². The molecule has 2 heterocycles. The molecule has 228 valence electrons. The first-order valence-corrected chi connectivity index (χ1v) is 13.6. The molecule has 0 saturated carbocycles. The van der Waals surface area contributed by atoms with E-state index in [0.29, 0.717) is 12.1 Å². The van der Waals surface area contributed by atoms with E-state index >= 15 is 8.78 Å². The molecule has 4 aromatic rings. The van der Waals surface area contributed by atoms with Gasteiger partial charge in [-0.25, -0.2) is 36.3 Å². The monoisotopic (exact) mass is 642 g/mol. The van der Waals surface area contributed by atoms with E-state index in [9.17, 15) is 38.6 Å². The smallest absolute Gasteiger partial charge is 0.141 e. The molecule has 0 aliphatic heterocycles. The molecule has 0 fully saturated rings. The maximum absolute atomic E-state index is 17.2. The van der Waals surface area contributed by atoms with E-state index in [4.69, 9.17) is 0 Å². The molecule has 12 heteroatoms. The minimum atomic E-state index is -1.24. The molecule has 0 atom stereocenters. The van der Waals surface area contributed by atoms with Crippen LogP contribution in [0.25, 0.3) is 22.3 Å². The Hall–Kier alpha value is -7.02. The van der Waals surface area contributed by atoms with Gasteiger partial charge < -0.3 is 0 Å². The molecule has 6 nitrogen and oxygen atoms in total. The van der Waals surface area contributed by atoms with Gasteiger partial charge in [-0.3, -0.25) is 0 Å². The number of nitriles is 4. The summed E-state index contributed by atoms with van der Waals surface area (Å²) in [6.07, 6.45) is 2.29. The Bertz CT molecular complexity index is 2250. The molecule has 0 unspecified atom stereocenters. The van der Waals surface area contributed by atoms with Crippen LogP contribution in [-0.4, -0.2) is 9.97 Å². The summed E-state index contributed by atoms with van der Waals surface area (Å²) in [6.45, 7) is 0. The molecule has 0 radical (unpaired) electrons. The van der Waals surface area contributed by atoms with Crippen molar-refractivity contribution in [1.82, 2.24) is 9.97 Å². The molecule has 0 N–H and O–H groups in total. The number of hydrogen-bond acceptors (Lipinski definition) is 6. The highest BCUT2D eigenvalue weighted by Crippen LogP contribution is 2.59. The second-order valence-electron chi connectivity index (χ2n) is 10.3. The van der Waals surface area contributed by atoms with Crippen molar-refractivity contribution in [2.75, 3.05) is 0 Å². The zero-order valence-corrected chi connectivity index (χ0v) is 23.9. The van der Waals surface area contributed by atoms with Crippen LogP contribution in [0.15, 0.2) is 107 Å². The fraction of sp³-hybridized carbons (Fsp3) is 0. The summed E-state index contributed by atoms with van der Waals surface area (Å²) >= 11 is 0. The average Bonchev–Trinajstić information content (AvgIpc) is 3.52. The number of benzene rings is 2. The van der Waals surface area contributed by atoms with Crippen molar-refractivity contribution in [3.8, 4) is 24.3 Å². The van der Waals surface area contributed by atoms with Crippen molar-refractivity contribution in [2.45, 2.75) is 0 Å². The van der Waals surface area contributed by atoms with Crippen LogP contribution in [0, 0.1) is 68.6 Å². The van der Waals surface area contributed by atoms with Crippen LogP contribution in [0.4, 0.5) is 26.3 Å². The Morgan fingerprint density at radius 2 is 0.833 bits per heavy atom. The van der Waals surface area contributed by atoms with Crippen molar-refractivity contribution >= 4 is 22.3 Å². The molecular weight excluding hydrogens is 630 g/mol. The highest BCUT2D eigenvalue weighted by Gasteiger charge is 2.45. The predicted octanol–water partition coefficient (Wildman–Crippen LogP) is 8.12. The first kappa shape index (κ1) is 31.0. The largest absolute Gasteiger partial charge is 0.246 e. The lowest BCUT2D eigenvalue weighted by Crippen LogP contribution is -2.01. The Kier molecular flexibility index (Phi) is 7.78. The SMILES string of the molecule is N#C/C(=C1C2=C(C(F)=C/1c1ccnc(C#N)c1)/C(=C(/C#N)c1cc(F)cc(F)c1)C(c1ccnc(C#N)c1)=C2F)c1cc(F)cc(F)c1. The van der Waals surface area contributed by atoms with E-state index in [0.717, 1.165) is 48.8 Å². The molecule has 0 saturated heterocycles. The van der Waals surface area contributed by atoms with Gasteiger partial charge in [-0.05, 0) is 70.8 Å². The van der Waals surface area contributed by atoms with Gasteiger partial charge in [-0.1, -0.05) is 0 Å². The van der Waals surface area contributed by atoms with Crippen molar-refractivity contribution in [1.29, 1.82) is 21.0 Å². The van der Waals surface area contributed by atoms with E-state index in [2.05, 4.69) is 9.97 Å². The van der Waals surface area contributed by atoms with Gasteiger partial charge in [0, 0.05) is 58.0 Å². The van der Waals surface area contributed by atoms with Crippen LogP contribution in [0.5, 0.6) is 0 Å². The van der Waals surface area contributed by atoms with Gasteiger partial charge >= 0.3 is 0 Å². The highest BCUT2D eigenvalue weighted by atomic mass is 19.2. The molecule has 2 aliphatic carbocycles. The number of pyridine rings is 2. The van der Waals surface area contributed by atoms with Gasteiger partial charge in [0.1, 0.15) is 70.6 Å². The first-order chi connectivity index (χ1) is 23.1. The van der Waals surface area contributed by atoms with Crippen molar-refractivity contribution in [3.63, 3.8) is 0 Å². The standard InChI is InChI=1S/C36H12F6N6/c37-21-5-19(6-22(38)11-21)27(15-45)31-29(17-1-3-47-25(9-17)13-43)35(41)34-32(28(16-46)20-7-23(39)12-24(40)8-20)30(36(42)33(31)34)18-2-4-48-26(10-18)14-44/h1-12H/b31-27-,32-28-. The van der Waals surface area contributed by atoms with Crippen LogP contribution in [0.3, 0.4) is 0 Å². The summed E-state index contributed by atoms with van der Waals surface area (Å²) in [4.78, 5) is 7.71. The molecule has 2 aromatic heterocycles. The maximum Gasteiger partial charge on any atom is 0.141 e. The molecule has 2 aliphatic rings. The summed E-state index contributed by atoms with van der Waals surface area (Å²) in [5.74, 6) is -6.88. The molecule has 6 rings (SSSR count). The lowest BCUT2D eigenvalue weighted by molar-refractivity contribution is 0.582. The number of aromatic nitrogens is 2. The van der Waals surface area contributed by atoms with Crippen LogP contribution in [0.2, 0.25) is 0 Å². The molecule has 48 heavy (non-hydrogen) atoms. The topological polar surface area (TPSA) is 121 Å². The minimum absolute atomic E-state index is 0.0900. The zero-order valence-electron chi connectivity index (χ0n) is 23.9. The Balaban J connectivity index is 1.82. The fourth-order valence-electron chi connectivity index (χ4n) is 5.67. The van der Waals surface area contributed by atoms with Gasteiger partial charge in [-0.15, -0.1) is 0 Å². The van der Waals surface area contributed by atoms with Gasteiger partial charge in [-0.2, -0.15) is 21.0 Å². The zero-order chi connectivity index (χ0) is 34.3. The van der Waals surface area contributed by atoms with Crippen LogP contribution >= 0.6 is 0 Å². The molecule has 0 spiro atoms. The van der Waals surface area contributed by atoms with E-state index < -0.39 is 90.6 Å². The minimum Gasteiger partial charge on any atom is -0.246 e. The van der Waals surface area contributed by atoms with E-state index in [-0.39, 0.29) is 22.5 Å². The van der Waals surface area contributed by atoms with Crippen LogP contribution in [0.1, 0.15) is 33.6 Å². The lowest BCUT2D eigenvalue weighted by Gasteiger charge is -2.16. The summed E-state index contributed by atoms with van der Waals surface area (Å²) in [6, 6.07) is 16.1. The third-order valence-electron chi connectivity index (χ3n) is 7.48. The number of hydrogen-bond donors (Lipinski definition) is 0. The van der Waals surface area contributed by atoms with Crippen LogP contribution in [-0.2, 0) is 0 Å². The van der Waals surface area contributed by atoms with Gasteiger partial charge in [0.2, 0.25) is 0 Å². The van der Waals surface area contributed by atoms with Gasteiger partial charge in [0.05, 0.1) is 11.1 Å². The summed E-state index contributed by atoms with van der Waals surface area (Å²) in [5.41, 5.74) is -5.74. The molecule has 0 amide bonds. The number of allylic oxidation sites excluding steroid dienone is 10. The quantitative estimate of drug-likeness (QED) is 0.164. The van der Waals surface area contributed by atoms with E-state index in [1.807, 2.05) is 0 Å². The normalized spacial score (nSPS) is 15.9. The third kappa shape index (κ3) is 5.10. The second-order valence-corrected chi connectivity index (χ2v) is 10.3. The van der Waals surface area contributed by atoms with Crippen LogP contribution < -0.4 is 0 Å².